The fourth-order valence-electron chi connectivity index (χ4n) is 2.06. The molecule has 108 valence electrons. The molecule has 1 aromatic carbocycles. The van der Waals surface area contributed by atoms with Crippen LogP contribution >= 0.6 is 0 Å². The number of carbonyl (C=O) groups is 2. The molecule has 1 aromatic rings. The zero-order chi connectivity index (χ0) is 14.7. The monoisotopic (exact) mass is 284 g/mol. The van der Waals surface area contributed by atoms with Gasteiger partial charge in [0.05, 0.1) is 12.7 Å². The topological polar surface area (TPSA) is 49.9 Å². The normalized spacial score (nSPS) is 15.2. The number of ether oxygens (including phenoxy) is 1. The Balaban J connectivity index is 2.05. The Morgan fingerprint density at radius 1 is 1.10 bits per heavy atom. The van der Waals surface area contributed by atoms with Crippen LogP contribution in [0.4, 0.5) is 13.6 Å². The van der Waals surface area contributed by atoms with Crippen molar-refractivity contribution in [1.29, 1.82) is 0 Å². The molecule has 2 amide bonds. The van der Waals surface area contributed by atoms with Crippen LogP contribution in [0.3, 0.4) is 0 Å². The number of benzene rings is 1. The number of piperazine rings is 1. The van der Waals surface area contributed by atoms with Crippen molar-refractivity contribution >= 4 is 12.0 Å². The molecule has 1 aliphatic heterocycles. The van der Waals surface area contributed by atoms with Gasteiger partial charge in [0.1, 0.15) is 0 Å². The van der Waals surface area contributed by atoms with Crippen molar-refractivity contribution in [2.45, 2.75) is 0 Å². The summed E-state index contributed by atoms with van der Waals surface area (Å²) in [4.78, 5) is 26.2. The highest BCUT2D eigenvalue weighted by molar-refractivity contribution is 5.94. The molecule has 1 fully saturated rings. The number of methoxy groups -OCH3 is 1. The van der Waals surface area contributed by atoms with Crippen molar-refractivity contribution in [2.24, 2.45) is 0 Å². The van der Waals surface area contributed by atoms with Gasteiger partial charge < -0.3 is 14.5 Å². The number of amides is 2. The van der Waals surface area contributed by atoms with Crippen LogP contribution in [-0.2, 0) is 4.74 Å². The van der Waals surface area contributed by atoms with Gasteiger partial charge in [-0.05, 0) is 12.1 Å². The third-order valence-corrected chi connectivity index (χ3v) is 3.18. The number of carbonyl (C=O) groups excluding carboxylic acids is 2. The average Bonchev–Trinajstić information content (AvgIpc) is 2.48. The minimum Gasteiger partial charge on any atom is -0.453 e. The van der Waals surface area contributed by atoms with E-state index in [0.29, 0.717) is 13.1 Å². The Bertz CT molecular complexity index is 528. The van der Waals surface area contributed by atoms with Crippen LogP contribution in [0.1, 0.15) is 10.4 Å². The molecule has 0 atom stereocenters. The van der Waals surface area contributed by atoms with E-state index in [1.54, 1.807) is 0 Å². The maximum atomic E-state index is 13.6. The summed E-state index contributed by atoms with van der Waals surface area (Å²) in [7, 11) is 1.28. The predicted octanol–water partition coefficient (Wildman–Crippen LogP) is 1.49. The van der Waals surface area contributed by atoms with Gasteiger partial charge in [0.25, 0.3) is 5.91 Å². The quantitative estimate of drug-likeness (QED) is 0.785. The van der Waals surface area contributed by atoms with Crippen molar-refractivity contribution in [2.75, 3.05) is 33.3 Å². The first-order valence-electron chi connectivity index (χ1n) is 6.10. The highest BCUT2D eigenvalue weighted by atomic mass is 19.2. The SMILES string of the molecule is COC(=O)N1CCN(C(=O)c2cccc(F)c2F)CC1. The predicted molar refractivity (Wildman–Crippen MR) is 66.2 cm³/mol. The summed E-state index contributed by atoms with van der Waals surface area (Å²) >= 11 is 0. The summed E-state index contributed by atoms with van der Waals surface area (Å²) in [6, 6.07) is 3.49. The first-order chi connectivity index (χ1) is 9.54. The lowest BCUT2D eigenvalue weighted by Crippen LogP contribution is -2.50. The Labute approximate surface area is 114 Å². The summed E-state index contributed by atoms with van der Waals surface area (Å²) < 4.78 is 31.2. The van der Waals surface area contributed by atoms with Gasteiger partial charge in [0.2, 0.25) is 0 Å². The van der Waals surface area contributed by atoms with Crippen LogP contribution in [0, 0.1) is 11.6 Å². The lowest BCUT2D eigenvalue weighted by Gasteiger charge is -2.33. The molecule has 0 bridgehead atoms. The largest absolute Gasteiger partial charge is 0.453 e. The summed E-state index contributed by atoms with van der Waals surface area (Å²) in [6.07, 6.45) is -0.464. The molecule has 0 aromatic heterocycles. The lowest BCUT2D eigenvalue weighted by molar-refractivity contribution is 0.0595. The Morgan fingerprint density at radius 3 is 2.30 bits per heavy atom. The molecule has 5 nitrogen and oxygen atoms in total. The second-order valence-corrected chi connectivity index (χ2v) is 4.35. The van der Waals surface area contributed by atoms with Crippen LogP contribution in [0.25, 0.3) is 0 Å². The Kier molecular flexibility index (Phi) is 4.16. The van der Waals surface area contributed by atoms with Crippen LogP contribution < -0.4 is 0 Å². The molecular weight excluding hydrogens is 270 g/mol. The molecule has 2 rings (SSSR count). The maximum Gasteiger partial charge on any atom is 0.409 e. The first-order valence-corrected chi connectivity index (χ1v) is 6.10. The van der Waals surface area contributed by atoms with Crippen molar-refractivity contribution in [1.82, 2.24) is 9.80 Å². The van der Waals surface area contributed by atoms with E-state index in [9.17, 15) is 18.4 Å². The van der Waals surface area contributed by atoms with E-state index in [1.165, 1.54) is 29.0 Å². The minimum atomic E-state index is -1.15. The van der Waals surface area contributed by atoms with Crippen molar-refractivity contribution < 1.29 is 23.1 Å². The van der Waals surface area contributed by atoms with Gasteiger partial charge in [-0.3, -0.25) is 4.79 Å². The number of hydrogen-bond donors (Lipinski definition) is 0. The highest BCUT2D eigenvalue weighted by Crippen LogP contribution is 2.15. The smallest absolute Gasteiger partial charge is 0.409 e. The van der Waals surface area contributed by atoms with Crippen LogP contribution in [0.15, 0.2) is 18.2 Å². The standard InChI is InChI=1S/C13H14F2N2O3/c1-20-13(19)17-7-5-16(6-8-17)12(18)9-3-2-4-10(14)11(9)15/h2-4H,5-8H2,1H3. The van der Waals surface area contributed by atoms with Gasteiger partial charge >= 0.3 is 6.09 Å². The van der Waals surface area contributed by atoms with Gasteiger partial charge in [0.15, 0.2) is 11.6 Å². The van der Waals surface area contributed by atoms with Gasteiger partial charge in [-0.1, -0.05) is 6.07 Å². The van der Waals surface area contributed by atoms with Gasteiger partial charge in [-0.15, -0.1) is 0 Å². The van der Waals surface area contributed by atoms with E-state index in [2.05, 4.69) is 4.74 Å². The van der Waals surface area contributed by atoms with Gasteiger partial charge in [-0.2, -0.15) is 0 Å². The molecule has 20 heavy (non-hydrogen) atoms. The van der Waals surface area contributed by atoms with E-state index in [-0.39, 0.29) is 18.7 Å². The number of nitrogens with zero attached hydrogens (tertiary/aromatic N) is 2. The minimum absolute atomic E-state index is 0.254. The molecule has 0 aliphatic carbocycles. The summed E-state index contributed by atoms with van der Waals surface area (Å²) in [5.41, 5.74) is -0.295. The van der Waals surface area contributed by atoms with Crippen molar-refractivity contribution in [3.63, 3.8) is 0 Å². The van der Waals surface area contributed by atoms with E-state index in [0.717, 1.165) is 6.07 Å². The molecule has 7 heteroatoms. The molecule has 0 unspecified atom stereocenters. The molecule has 0 radical (unpaired) electrons. The highest BCUT2D eigenvalue weighted by Gasteiger charge is 2.27. The fourth-order valence-corrected chi connectivity index (χ4v) is 2.06. The number of rotatable bonds is 1. The number of halogens is 2. The second-order valence-electron chi connectivity index (χ2n) is 4.35. The Hall–Kier alpha value is -2.18. The second kappa shape index (κ2) is 5.85. The average molecular weight is 284 g/mol. The van der Waals surface area contributed by atoms with E-state index >= 15 is 0 Å². The summed E-state index contributed by atoms with van der Waals surface area (Å²) in [5, 5.41) is 0. The molecule has 0 N–H and O–H groups in total. The number of hydrogen-bond acceptors (Lipinski definition) is 3. The third-order valence-electron chi connectivity index (χ3n) is 3.18. The molecule has 0 saturated carbocycles. The molecule has 0 spiro atoms. The summed E-state index contributed by atoms with van der Waals surface area (Å²) in [6.45, 7) is 1.11. The van der Waals surface area contributed by atoms with Crippen molar-refractivity contribution in [3.05, 3.63) is 35.4 Å². The Morgan fingerprint density at radius 2 is 1.70 bits per heavy atom. The van der Waals surface area contributed by atoms with Crippen LogP contribution in [0.5, 0.6) is 0 Å². The molecule has 1 aliphatic rings. The lowest BCUT2D eigenvalue weighted by atomic mass is 10.1. The molecular formula is C13H14F2N2O3. The van der Waals surface area contributed by atoms with Crippen molar-refractivity contribution in [3.8, 4) is 0 Å². The molecule has 1 heterocycles. The van der Waals surface area contributed by atoms with E-state index in [4.69, 9.17) is 0 Å². The third kappa shape index (κ3) is 2.71. The van der Waals surface area contributed by atoms with Crippen LogP contribution in [-0.4, -0.2) is 55.1 Å². The summed E-state index contributed by atoms with van der Waals surface area (Å²) in [5.74, 6) is -2.77. The zero-order valence-corrected chi connectivity index (χ0v) is 10.9. The fraction of sp³-hybridized carbons (Fsp3) is 0.385. The van der Waals surface area contributed by atoms with Gasteiger partial charge in [-0.25, -0.2) is 13.6 Å². The molecule has 1 saturated heterocycles. The first kappa shape index (κ1) is 14.2. The maximum absolute atomic E-state index is 13.6. The van der Waals surface area contributed by atoms with Crippen LogP contribution in [0.2, 0.25) is 0 Å². The van der Waals surface area contributed by atoms with E-state index < -0.39 is 23.6 Å². The zero-order valence-electron chi connectivity index (χ0n) is 10.9. The van der Waals surface area contributed by atoms with Gasteiger partial charge in [0, 0.05) is 26.2 Å². The van der Waals surface area contributed by atoms with E-state index in [1.807, 2.05) is 0 Å².